The number of rotatable bonds is 6. The van der Waals surface area contributed by atoms with Crippen molar-refractivity contribution in [3.05, 3.63) is 88.4 Å². The number of hydrogen-bond acceptors (Lipinski definition) is 4. The molecule has 30 heavy (non-hydrogen) atoms. The summed E-state index contributed by atoms with van der Waals surface area (Å²) in [7, 11) is 0. The van der Waals surface area contributed by atoms with E-state index in [-0.39, 0.29) is 23.9 Å². The molecule has 3 amide bonds. The molecule has 0 spiro atoms. The minimum absolute atomic E-state index is 0.0601. The van der Waals surface area contributed by atoms with E-state index in [1.165, 1.54) is 12.3 Å². The maximum atomic E-state index is 12.9. The third-order valence-electron chi connectivity index (χ3n) is 5.36. The zero-order valence-corrected chi connectivity index (χ0v) is 16.9. The molecule has 152 valence electrons. The van der Waals surface area contributed by atoms with Crippen molar-refractivity contribution in [3.63, 3.8) is 0 Å². The molecular formula is C24H22N2O4. The lowest BCUT2D eigenvalue weighted by molar-refractivity contribution is 0.0631. The lowest BCUT2D eigenvalue weighted by atomic mass is 10.0. The number of furan rings is 1. The van der Waals surface area contributed by atoms with Gasteiger partial charge in [0.15, 0.2) is 0 Å². The first-order valence-corrected chi connectivity index (χ1v) is 9.98. The monoisotopic (exact) mass is 402 g/mol. The van der Waals surface area contributed by atoms with E-state index < -0.39 is 5.91 Å². The normalized spacial score (nSPS) is 12.9. The average Bonchev–Trinajstić information content (AvgIpc) is 3.36. The van der Waals surface area contributed by atoms with Crippen molar-refractivity contribution in [3.8, 4) is 0 Å². The van der Waals surface area contributed by atoms with Crippen LogP contribution in [0.4, 0.5) is 5.69 Å². The van der Waals surface area contributed by atoms with Gasteiger partial charge in [-0.1, -0.05) is 32.0 Å². The molecule has 1 aliphatic rings. The van der Waals surface area contributed by atoms with Crippen molar-refractivity contribution >= 4 is 23.4 Å². The first kappa shape index (κ1) is 19.6. The Hall–Kier alpha value is -3.67. The maximum absolute atomic E-state index is 12.9. The minimum atomic E-state index is -0.427. The smallest absolute Gasteiger partial charge is 0.261 e. The van der Waals surface area contributed by atoms with E-state index in [4.69, 9.17) is 4.42 Å². The summed E-state index contributed by atoms with van der Waals surface area (Å²) in [4.78, 5) is 39.5. The minimum Gasteiger partial charge on any atom is -0.467 e. The highest BCUT2D eigenvalue weighted by molar-refractivity contribution is 6.22. The predicted octanol–water partition coefficient (Wildman–Crippen LogP) is 4.45. The van der Waals surface area contributed by atoms with Gasteiger partial charge in [-0.05, 0) is 54.3 Å². The fourth-order valence-corrected chi connectivity index (χ4v) is 3.72. The molecule has 2 heterocycles. The zero-order valence-electron chi connectivity index (χ0n) is 16.9. The number of fused-ring (bicyclic) bond motifs is 1. The molecule has 6 nitrogen and oxygen atoms in total. The van der Waals surface area contributed by atoms with E-state index in [0.717, 1.165) is 34.6 Å². The van der Waals surface area contributed by atoms with Crippen molar-refractivity contribution < 1.29 is 18.8 Å². The van der Waals surface area contributed by atoms with Gasteiger partial charge >= 0.3 is 0 Å². The molecule has 1 aromatic heterocycles. The van der Waals surface area contributed by atoms with Crippen molar-refractivity contribution in [1.82, 2.24) is 4.90 Å². The molecule has 0 atom stereocenters. The van der Waals surface area contributed by atoms with E-state index in [1.54, 1.807) is 24.3 Å². The number of hydrogen-bond donors (Lipinski definition) is 1. The number of imide groups is 1. The molecule has 0 bridgehead atoms. The predicted molar refractivity (Wildman–Crippen MR) is 113 cm³/mol. The van der Waals surface area contributed by atoms with Crippen LogP contribution in [0.2, 0.25) is 0 Å². The molecule has 0 radical (unpaired) electrons. The van der Waals surface area contributed by atoms with E-state index in [9.17, 15) is 14.4 Å². The number of nitrogens with one attached hydrogen (secondary N) is 1. The quantitative estimate of drug-likeness (QED) is 0.618. The fourth-order valence-electron chi connectivity index (χ4n) is 3.72. The van der Waals surface area contributed by atoms with Crippen LogP contribution in [0.25, 0.3) is 0 Å². The number of carbonyl (C=O) groups is 3. The molecule has 1 aliphatic heterocycles. The average molecular weight is 402 g/mol. The summed E-state index contributed by atoms with van der Waals surface area (Å²) < 4.78 is 5.25. The highest BCUT2D eigenvalue weighted by Gasteiger charge is 2.36. The van der Waals surface area contributed by atoms with Gasteiger partial charge in [0.2, 0.25) is 0 Å². The zero-order chi connectivity index (χ0) is 21.3. The Morgan fingerprint density at radius 1 is 0.933 bits per heavy atom. The Bertz CT molecular complexity index is 1110. The molecule has 4 rings (SSSR count). The van der Waals surface area contributed by atoms with Crippen LogP contribution in [0.5, 0.6) is 0 Å². The first-order chi connectivity index (χ1) is 14.5. The Balaban J connectivity index is 1.60. The molecule has 0 fully saturated rings. The second-order valence-electron chi connectivity index (χ2n) is 7.15. The summed E-state index contributed by atoms with van der Waals surface area (Å²) in [5, 5.41) is 3.00. The molecule has 3 aromatic rings. The van der Waals surface area contributed by atoms with Crippen LogP contribution in [0.3, 0.4) is 0 Å². The van der Waals surface area contributed by atoms with Crippen LogP contribution in [-0.4, -0.2) is 22.6 Å². The topological polar surface area (TPSA) is 79.6 Å². The fraction of sp³-hybridized carbons (Fsp3) is 0.208. The van der Waals surface area contributed by atoms with Gasteiger partial charge in [-0.2, -0.15) is 0 Å². The van der Waals surface area contributed by atoms with Gasteiger partial charge in [0.1, 0.15) is 5.76 Å². The summed E-state index contributed by atoms with van der Waals surface area (Å²) >= 11 is 0. The van der Waals surface area contributed by atoms with Crippen LogP contribution < -0.4 is 5.32 Å². The largest absolute Gasteiger partial charge is 0.467 e. The first-order valence-electron chi connectivity index (χ1n) is 9.98. The lowest BCUT2D eigenvalue weighted by Gasteiger charge is -2.14. The Morgan fingerprint density at radius 3 is 2.27 bits per heavy atom. The maximum Gasteiger partial charge on any atom is 0.261 e. The van der Waals surface area contributed by atoms with Gasteiger partial charge in [0, 0.05) is 11.3 Å². The number of anilines is 1. The van der Waals surface area contributed by atoms with Gasteiger partial charge < -0.3 is 9.73 Å². The summed E-state index contributed by atoms with van der Waals surface area (Å²) in [5.74, 6) is -0.601. The molecule has 2 aromatic carbocycles. The van der Waals surface area contributed by atoms with Crippen LogP contribution in [0.1, 0.15) is 61.8 Å². The SMILES string of the molecule is CCc1cccc(CC)c1NC(=O)c1ccc2c(c1)C(=O)N(Cc1ccco1)C2=O. The number of aryl methyl sites for hydroxylation is 2. The summed E-state index contributed by atoms with van der Waals surface area (Å²) in [6.07, 6.45) is 3.08. The Labute approximate surface area is 174 Å². The highest BCUT2D eigenvalue weighted by atomic mass is 16.3. The van der Waals surface area contributed by atoms with E-state index in [2.05, 4.69) is 5.32 Å². The van der Waals surface area contributed by atoms with Gasteiger partial charge in [0.25, 0.3) is 17.7 Å². The molecule has 1 N–H and O–H groups in total. The van der Waals surface area contributed by atoms with Crippen molar-refractivity contribution in [2.75, 3.05) is 5.32 Å². The molecule has 6 heteroatoms. The summed E-state index contributed by atoms with van der Waals surface area (Å²) in [5.41, 5.74) is 3.79. The van der Waals surface area contributed by atoms with Gasteiger partial charge in [0.05, 0.1) is 23.9 Å². The van der Waals surface area contributed by atoms with Crippen molar-refractivity contribution in [1.29, 1.82) is 0 Å². The molecule has 0 aliphatic carbocycles. The number of para-hydroxylation sites is 1. The Morgan fingerprint density at radius 2 is 1.63 bits per heavy atom. The van der Waals surface area contributed by atoms with Crippen molar-refractivity contribution in [2.45, 2.75) is 33.2 Å². The van der Waals surface area contributed by atoms with E-state index in [1.807, 2.05) is 32.0 Å². The molecule has 0 saturated carbocycles. The Kier molecular flexibility index (Phi) is 5.23. The van der Waals surface area contributed by atoms with Crippen molar-refractivity contribution in [2.24, 2.45) is 0 Å². The molecular weight excluding hydrogens is 380 g/mol. The standard InChI is InChI=1S/C24H22N2O4/c1-3-15-7-5-8-16(4-2)21(15)25-22(27)17-10-11-19-20(13-17)24(29)26(23(19)28)14-18-9-6-12-30-18/h5-13H,3-4,14H2,1-2H3,(H,25,27). The van der Waals surface area contributed by atoms with Crippen LogP contribution in [0, 0.1) is 0 Å². The lowest BCUT2D eigenvalue weighted by Crippen LogP contribution is -2.28. The van der Waals surface area contributed by atoms with Gasteiger partial charge in [-0.15, -0.1) is 0 Å². The van der Waals surface area contributed by atoms with Gasteiger partial charge in [-0.25, -0.2) is 0 Å². The van der Waals surface area contributed by atoms with Crippen LogP contribution in [0.15, 0.2) is 59.2 Å². The van der Waals surface area contributed by atoms with Crippen LogP contribution in [-0.2, 0) is 19.4 Å². The van der Waals surface area contributed by atoms with Gasteiger partial charge in [-0.3, -0.25) is 19.3 Å². The summed E-state index contributed by atoms with van der Waals surface area (Å²) in [6, 6.07) is 14.0. The van der Waals surface area contributed by atoms with E-state index >= 15 is 0 Å². The second-order valence-corrected chi connectivity index (χ2v) is 7.15. The third kappa shape index (κ3) is 3.41. The number of nitrogens with zero attached hydrogens (tertiary/aromatic N) is 1. The van der Waals surface area contributed by atoms with E-state index in [0.29, 0.717) is 16.9 Å². The highest BCUT2D eigenvalue weighted by Crippen LogP contribution is 2.27. The third-order valence-corrected chi connectivity index (χ3v) is 5.36. The van der Waals surface area contributed by atoms with Crippen LogP contribution >= 0.6 is 0 Å². The number of carbonyl (C=O) groups excluding carboxylic acids is 3. The number of amides is 3. The number of benzene rings is 2. The molecule has 0 saturated heterocycles. The second kappa shape index (κ2) is 7.99. The summed E-state index contributed by atoms with van der Waals surface area (Å²) in [6.45, 7) is 4.14. The molecule has 0 unspecified atom stereocenters.